The largest absolute Gasteiger partial charge is 0.389 e. The predicted molar refractivity (Wildman–Crippen MR) is 95.1 cm³/mol. The molecule has 0 radical (unpaired) electrons. The number of β-amino-alcohol motifs (C(OH)–C–C–N with tert-alkyl or cyclic N) is 1. The van der Waals surface area contributed by atoms with Crippen molar-refractivity contribution < 1.29 is 14.6 Å². The SMILES string of the molecule is CO[C@@]1(c2cccc(C(N)=O)c2)[C@@H]2CCC[C@H]1CN(CC1(O)CC1)C2. The zero-order valence-corrected chi connectivity index (χ0v) is 14.9. The van der Waals surface area contributed by atoms with Gasteiger partial charge in [-0.25, -0.2) is 0 Å². The molecule has 1 heterocycles. The van der Waals surface area contributed by atoms with Crippen molar-refractivity contribution >= 4 is 5.91 Å². The summed E-state index contributed by atoms with van der Waals surface area (Å²) in [5.74, 6) is 0.345. The van der Waals surface area contributed by atoms with Crippen molar-refractivity contribution in [1.82, 2.24) is 4.90 Å². The van der Waals surface area contributed by atoms with Crippen LogP contribution >= 0.6 is 0 Å². The monoisotopic (exact) mass is 344 g/mol. The zero-order valence-electron chi connectivity index (χ0n) is 14.9. The van der Waals surface area contributed by atoms with E-state index < -0.39 is 11.5 Å². The highest BCUT2D eigenvalue weighted by Gasteiger charge is 2.54. The molecule has 1 amide bonds. The van der Waals surface area contributed by atoms with Crippen molar-refractivity contribution in [2.45, 2.75) is 43.3 Å². The molecule has 5 heteroatoms. The maximum Gasteiger partial charge on any atom is 0.248 e. The molecule has 3 N–H and O–H groups in total. The second-order valence-electron chi connectivity index (χ2n) is 8.19. The summed E-state index contributed by atoms with van der Waals surface area (Å²) < 4.78 is 6.22. The van der Waals surface area contributed by atoms with Gasteiger partial charge in [0.25, 0.3) is 0 Å². The van der Waals surface area contributed by atoms with Crippen LogP contribution in [-0.4, -0.2) is 48.3 Å². The molecule has 136 valence electrons. The van der Waals surface area contributed by atoms with Gasteiger partial charge in [0.05, 0.1) is 5.60 Å². The number of methoxy groups -OCH3 is 1. The number of benzene rings is 1. The molecule has 3 atom stereocenters. The molecular formula is C20H28N2O3. The third kappa shape index (κ3) is 2.88. The number of primary amides is 1. The maximum absolute atomic E-state index is 11.6. The molecule has 0 spiro atoms. The van der Waals surface area contributed by atoms with Crippen LogP contribution in [0.15, 0.2) is 24.3 Å². The van der Waals surface area contributed by atoms with Gasteiger partial charge in [-0.15, -0.1) is 0 Å². The van der Waals surface area contributed by atoms with E-state index in [9.17, 15) is 9.90 Å². The standard InChI is InChI=1S/C20H28N2O3/c1-25-20(15-5-2-4-14(10-15)18(21)23)16-6-3-7-17(20)12-22(11-16)13-19(24)8-9-19/h2,4-5,10,16-17,24H,3,6-9,11-13H2,1H3,(H2,21,23)/t16-,17+,20+. The van der Waals surface area contributed by atoms with Crippen molar-refractivity contribution in [3.05, 3.63) is 35.4 Å². The van der Waals surface area contributed by atoms with Crippen molar-refractivity contribution in [2.24, 2.45) is 17.6 Å². The first-order valence-corrected chi connectivity index (χ1v) is 9.37. The van der Waals surface area contributed by atoms with E-state index in [1.54, 1.807) is 13.2 Å². The Hall–Kier alpha value is -1.43. The summed E-state index contributed by atoms with van der Waals surface area (Å²) in [6.07, 6.45) is 5.29. The summed E-state index contributed by atoms with van der Waals surface area (Å²) in [6, 6.07) is 7.67. The lowest BCUT2D eigenvalue weighted by Gasteiger charge is -2.55. The third-order valence-corrected chi connectivity index (χ3v) is 6.56. The van der Waals surface area contributed by atoms with Gasteiger partial charge in [0.2, 0.25) is 5.91 Å². The number of rotatable bonds is 5. The number of hydrogen-bond donors (Lipinski definition) is 2. The smallest absolute Gasteiger partial charge is 0.248 e. The summed E-state index contributed by atoms with van der Waals surface area (Å²) >= 11 is 0. The Morgan fingerprint density at radius 2 is 2.00 bits per heavy atom. The van der Waals surface area contributed by atoms with Gasteiger partial charge in [0.1, 0.15) is 5.60 Å². The molecule has 4 rings (SSSR count). The van der Waals surface area contributed by atoms with Crippen LogP contribution in [0, 0.1) is 11.8 Å². The number of nitrogens with two attached hydrogens (primary N) is 1. The Labute approximate surface area is 149 Å². The maximum atomic E-state index is 11.6. The lowest BCUT2D eigenvalue weighted by atomic mass is 9.62. The molecule has 1 aromatic rings. The molecule has 2 aliphatic carbocycles. The Balaban J connectivity index is 1.66. The van der Waals surface area contributed by atoms with Gasteiger partial charge in [0.15, 0.2) is 0 Å². The highest BCUT2D eigenvalue weighted by Crippen LogP contribution is 2.52. The normalized spacial score (nSPS) is 33.8. The molecule has 0 unspecified atom stereocenters. The average Bonchev–Trinajstić information content (AvgIpc) is 3.31. The van der Waals surface area contributed by atoms with Gasteiger partial charge in [-0.2, -0.15) is 0 Å². The Morgan fingerprint density at radius 1 is 1.32 bits per heavy atom. The second kappa shape index (κ2) is 6.08. The molecular weight excluding hydrogens is 316 g/mol. The number of hydrogen-bond acceptors (Lipinski definition) is 4. The number of amides is 1. The topological polar surface area (TPSA) is 75.8 Å². The number of ether oxygens (including phenoxy) is 1. The molecule has 5 nitrogen and oxygen atoms in total. The minimum Gasteiger partial charge on any atom is -0.389 e. The van der Waals surface area contributed by atoms with Crippen LogP contribution in [-0.2, 0) is 10.3 Å². The molecule has 1 aliphatic heterocycles. The van der Waals surface area contributed by atoms with Crippen LogP contribution in [0.4, 0.5) is 0 Å². The van der Waals surface area contributed by atoms with Crippen molar-refractivity contribution in [1.29, 1.82) is 0 Å². The van der Waals surface area contributed by atoms with Crippen molar-refractivity contribution in [3.63, 3.8) is 0 Å². The van der Waals surface area contributed by atoms with Crippen molar-refractivity contribution in [2.75, 3.05) is 26.7 Å². The number of carbonyl (C=O) groups excluding carboxylic acids is 1. The first-order valence-electron chi connectivity index (χ1n) is 9.37. The molecule has 1 saturated heterocycles. The number of piperidine rings is 1. The van der Waals surface area contributed by atoms with E-state index in [4.69, 9.17) is 10.5 Å². The third-order valence-electron chi connectivity index (χ3n) is 6.56. The second-order valence-corrected chi connectivity index (χ2v) is 8.19. The van der Waals surface area contributed by atoms with Crippen LogP contribution in [0.1, 0.15) is 48.0 Å². The molecule has 3 aliphatic rings. The zero-order chi connectivity index (χ0) is 17.7. The summed E-state index contributed by atoms with van der Waals surface area (Å²) in [6.45, 7) is 2.65. The van der Waals surface area contributed by atoms with Crippen LogP contribution in [0.2, 0.25) is 0 Å². The first-order chi connectivity index (χ1) is 12.0. The number of likely N-dealkylation sites (tertiary alicyclic amines) is 1. The molecule has 25 heavy (non-hydrogen) atoms. The van der Waals surface area contributed by atoms with Gasteiger partial charge in [0, 0.05) is 44.1 Å². The molecule has 3 fully saturated rings. The molecule has 1 aromatic carbocycles. The Morgan fingerprint density at radius 3 is 2.56 bits per heavy atom. The molecule has 2 saturated carbocycles. The number of aliphatic hydroxyl groups is 1. The highest BCUT2D eigenvalue weighted by atomic mass is 16.5. The number of nitrogens with zero attached hydrogens (tertiary/aromatic N) is 1. The van der Waals surface area contributed by atoms with Crippen molar-refractivity contribution in [3.8, 4) is 0 Å². The molecule has 2 bridgehead atoms. The summed E-state index contributed by atoms with van der Waals surface area (Å²) in [4.78, 5) is 14.1. The van der Waals surface area contributed by atoms with E-state index in [1.807, 2.05) is 12.1 Å². The van der Waals surface area contributed by atoms with Gasteiger partial charge in [-0.1, -0.05) is 18.6 Å². The van der Waals surface area contributed by atoms with Crippen LogP contribution < -0.4 is 5.73 Å². The summed E-state index contributed by atoms with van der Waals surface area (Å²) in [5.41, 5.74) is 6.31. The minimum atomic E-state index is -0.451. The first kappa shape index (κ1) is 17.0. The van der Waals surface area contributed by atoms with Crippen LogP contribution in [0.3, 0.4) is 0 Å². The van der Waals surface area contributed by atoms with E-state index in [0.717, 1.165) is 50.9 Å². The summed E-state index contributed by atoms with van der Waals surface area (Å²) in [5, 5.41) is 10.3. The van der Waals surface area contributed by atoms with Crippen LogP contribution in [0.5, 0.6) is 0 Å². The van der Waals surface area contributed by atoms with Gasteiger partial charge in [-0.05, 0) is 43.4 Å². The van der Waals surface area contributed by atoms with E-state index in [1.165, 1.54) is 6.42 Å². The predicted octanol–water partition coefficient (Wildman–Crippen LogP) is 1.88. The fourth-order valence-corrected chi connectivity index (χ4v) is 5.21. The quantitative estimate of drug-likeness (QED) is 0.855. The van der Waals surface area contributed by atoms with Gasteiger partial charge in [-0.3, -0.25) is 9.69 Å². The summed E-state index contributed by atoms with van der Waals surface area (Å²) in [7, 11) is 1.80. The lowest BCUT2D eigenvalue weighted by molar-refractivity contribution is -0.172. The number of carbonyl (C=O) groups is 1. The van der Waals surface area contributed by atoms with E-state index in [2.05, 4.69) is 11.0 Å². The lowest BCUT2D eigenvalue weighted by Crippen LogP contribution is -2.60. The van der Waals surface area contributed by atoms with E-state index >= 15 is 0 Å². The Bertz CT molecular complexity index is 657. The fraction of sp³-hybridized carbons (Fsp3) is 0.650. The van der Waals surface area contributed by atoms with Gasteiger partial charge < -0.3 is 15.6 Å². The molecule has 0 aromatic heterocycles. The van der Waals surface area contributed by atoms with Crippen LogP contribution in [0.25, 0.3) is 0 Å². The number of fused-ring (bicyclic) bond motifs is 2. The van der Waals surface area contributed by atoms with E-state index in [-0.39, 0.29) is 5.60 Å². The highest BCUT2D eigenvalue weighted by molar-refractivity contribution is 5.92. The van der Waals surface area contributed by atoms with Gasteiger partial charge >= 0.3 is 0 Å². The average molecular weight is 344 g/mol. The fourth-order valence-electron chi connectivity index (χ4n) is 5.21. The Kier molecular flexibility index (Phi) is 4.13. The minimum absolute atomic E-state index is 0.355. The van der Waals surface area contributed by atoms with E-state index in [0.29, 0.717) is 17.4 Å².